The van der Waals surface area contributed by atoms with Crippen LogP contribution in [-0.4, -0.2) is 23.6 Å². The Morgan fingerprint density at radius 1 is 1.04 bits per heavy atom. The van der Waals surface area contributed by atoms with E-state index in [2.05, 4.69) is 27.4 Å². The van der Waals surface area contributed by atoms with Crippen LogP contribution in [0.15, 0.2) is 48.8 Å². The molecule has 0 aliphatic rings. The molecule has 0 spiro atoms. The second kappa shape index (κ2) is 7.40. The zero-order chi connectivity index (χ0) is 16.1. The van der Waals surface area contributed by atoms with E-state index in [1.165, 1.54) is 17.5 Å². The number of ether oxygens (including phenoxy) is 1. The topological polar surface area (TPSA) is 47.0 Å². The van der Waals surface area contributed by atoms with Crippen LogP contribution in [0.4, 0.5) is 5.82 Å². The Labute approximate surface area is 140 Å². The molecule has 0 saturated heterocycles. The summed E-state index contributed by atoms with van der Waals surface area (Å²) in [7, 11) is 1.71. The first kappa shape index (κ1) is 15.7. The number of hydrogen-bond donors (Lipinski definition) is 1. The summed E-state index contributed by atoms with van der Waals surface area (Å²) in [5, 5.41) is 4.95. The van der Waals surface area contributed by atoms with Crippen molar-refractivity contribution in [1.29, 1.82) is 0 Å². The fourth-order valence-corrected chi connectivity index (χ4v) is 2.83. The molecule has 4 nitrogen and oxygen atoms in total. The lowest BCUT2D eigenvalue weighted by Gasteiger charge is -2.11. The zero-order valence-corrected chi connectivity index (χ0v) is 13.7. The van der Waals surface area contributed by atoms with Crippen LogP contribution in [0.5, 0.6) is 0 Å². The van der Waals surface area contributed by atoms with Crippen molar-refractivity contribution in [2.45, 2.75) is 13.0 Å². The van der Waals surface area contributed by atoms with Gasteiger partial charge >= 0.3 is 0 Å². The Bertz CT molecular complexity index is 807. The molecule has 23 heavy (non-hydrogen) atoms. The number of para-hydroxylation sites is 1. The third-order valence-corrected chi connectivity index (χ3v) is 4.03. The summed E-state index contributed by atoms with van der Waals surface area (Å²) in [6.07, 6.45) is 2.43. The second-order valence-corrected chi connectivity index (χ2v) is 5.64. The molecule has 0 radical (unpaired) electrons. The predicted octanol–water partition coefficient (Wildman–Crippen LogP) is 4.08. The summed E-state index contributed by atoms with van der Waals surface area (Å²) in [6, 6.07) is 14.0. The number of fused-ring (bicyclic) bond motifs is 1. The van der Waals surface area contributed by atoms with Gasteiger partial charge in [-0.3, -0.25) is 0 Å². The van der Waals surface area contributed by atoms with Crippen molar-refractivity contribution in [3.8, 4) is 0 Å². The number of halogens is 1. The van der Waals surface area contributed by atoms with Crippen molar-refractivity contribution in [2.75, 3.05) is 19.0 Å². The highest BCUT2D eigenvalue weighted by Gasteiger charge is 2.06. The molecule has 2 aromatic carbocycles. The van der Waals surface area contributed by atoms with E-state index >= 15 is 0 Å². The molecule has 0 bridgehead atoms. The number of anilines is 1. The summed E-state index contributed by atoms with van der Waals surface area (Å²) in [6.45, 7) is 1.40. The highest BCUT2D eigenvalue weighted by Crippen LogP contribution is 2.25. The fourth-order valence-electron chi connectivity index (χ4n) is 2.61. The lowest BCUT2D eigenvalue weighted by Crippen LogP contribution is -2.08. The molecule has 5 heteroatoms. The maximum atomic E-state index is 6.18. The van der Waals surface area contributed by atoms with Crippen LogP contribution in [0.3, 0.4) is 0 Å². The molecular weight excluding hydrogens is 310 g/mol. The minimum atomic E-state index is 0.627. The molecule has 0 aliphatic carbocycles. The van der Waals surface area contributed by atoms with E-state index in [1.54, 1.807) is 7.11 Å². The van der Waals surface area contributed by atoms with E-state index in [9.17, 15) is 0 Å². The van der Waals surface area contributed by atoms with Gasteiger partial charge in [-0.1, -0.05) is 41.9 Å². The van der Waals surface area contributed by atoms with Gasteiger partial charge in [0.25, 0.3) is 0 Å². The van der Waals surface area contributed by atoms with Crippen molar-refractivity contribution in [1.82, 2.24) is 9.97 Å². The number of nitrogens with one attached hydrogen (secondary N) is 1. The van der Waals surface area contributed by atoms with E-state index in [1.807, 2.05) is 30.3 Å². The van der Waals surface area contributed by atoms with Gasteiger partial charge in [0.05, 0.1) is 17.1 Å². The van der Waals surface area contributed by atoms with Crippen LogP contribution >= 0.6 is 11.6 Å². The van der Waals surface area contributed by atoms with Crippen LogP contribution < -0.4 is 5.32 Å². The Balaban J connectivity index is 1.74. The van der Waals surface area contributed by atoms with Crippen LogP contribution in [0, 0.1) is 0 Å². The number of methoxy groups -OCH3 is 1. The number of benzene rings is 2. The Kier molecular flexibility index (Phi) is 5.05. The van der Waals surface area contributed by atoms with Gasteiger partial charge in [0.1, 0.15) is 12.1 Å². The van der Waals surface area contributed by atoms with Gasteiger partial charge in [-0.2, -0.15) is 0 Å². The largest absolute Gasteiger partial charge is 0.380 e. The van der Waals surface area contributed by atoms with Gasteiger partial charge in [0.15, 0.2) is 0 Å². The summed E-state index contributed by atoms with van der Waals surface area (Å²) < 4.78 is 5.25. The van der Waals surface area contributed by atoms with E-state index in [-0.39, 0.29) is 0 Å². The van der Waals surface area contributed by atoms with Crippen LogP contribution in [0.1, 0.15) is 11.1 Å². The minimum Gasteiger partial charge on any atom is -0.380 e. The first-order valence-corrected chi connectivity index (χ1v) is 7.86. The SMILES string of the molecule is COCc1ccccc1CCNc1ncnc2c(Cl)cccc12. The summed E-state index contributed by atoms with van der Waals surface area (Å²) >= 11 is 6.18. The summed E-state index contributed by atoms with van der Waals surface area (Å²) in [4.78, 5) is 8.58. The molecular formula is C18H18ClN3O. The first-order valence-electron chi connectivity index (χ1n) is 7.48. The molecule has 1 aromatic heterocycles. The van der Waals surface area contributed by atoms with E-state index in [4.69, 9.17) is 16.3 Å². The third-order valence-electron chi connectivity index (χ3n) is 3.72. The molecule has 0 aliphatic heterocycles. The zero-order valence-electron chi connectivity index (χ0n) is 12.9. The molecule has 1 N–H and O–H groups in total. The lowest BCUT2D eigenvalue weighted by atomic mass is 10.1. The first-order chi connectivity index (χ1) is 11.3. The number of aromatic nitrogens is 2. The lowest BCUT2D eigenvalue weighted by molar-refractivity contribution is 0.184. The highest BCUT2D eigenvalue weighted by molar-refractivity contribution is 6.35. The predicted molar refractivity (Wildman–Crippen MR) is 93.9 cm³/mol. The Hall–Kier alpha value is -2.17. The average molecular weight is 328 g/mol. The smallest absolute Gasteiger partial charge is 0.137 e. The van der Waals surface area contributed by atoms with Gasteiger partial charge in [0.2, 0.25) is 0 Å². The van der Waals surface area contributed by atoms with Crippen LogP contribution in [-0.2, 0) is 17.8 Å². The average Bonchev–Trinajstić information content (AvgIpc) is 2.57. The maximum Gasteiger partial charge on any atom is 0.137 e. The standard InChI is InChI=1S/C18H18ClN3O/c1-23-11-14-6-3-2-5-13(14)9-10-20-18-15-7-4-8-16(19)17(15)21-12-22-18/h2-8,12H,9-11H2,1H3,(H,20,21,22). The fraction of sp³-hybridized carbons (Fsp3) is 0.222. The second-order valence-electron chi connectivity index (χ2n) is 5.24. The molecule has 0 unspecified atom stereocenters. The van der Waals surface area contributed by atoms with Gasteiger partial charge in [-0.15, -0.1) is 0 Å². The van der Waals surface area contributed by atoms with Gasteiger partial charge in [-0.05, 0) is 29.7 Å². The van der Waals surface area contributed by atoms with E-state index in [0.717, 1.165) is 29.7 Å². The Morgan fingerprint density at radius 3 is 2.70 bits per heavy atom. The van der Waals surface area contributed by atoms with Crippen molar-refractivity contribution >= 4 is 28.3 Å². The molecule has 118 valence electrons. The minimum absolute atomic E-state index is 0.627. The molecule has 1 heterocycles. The number of rotatable bonds is 6. The molecule has 0 saturated carbocycles. The van der Waals surface area contributed by atoms with Gasteiger partial charge < -0.3 is 10.1 Å². The molecule has 0 amide bonds. The van der Waals surface area contributed by atoms with Crippen LogP contribution in [0.25, 0.3) is 10.9 Å². The van der Waals surface area contributed by atoms with Crippen molar-refractivity contribution in [3.63, 3.8) is 0 Å². The van der Waals surface area contributed by atoms with Crippen molar-refractivity contribution < 1.29 is 4.74 Å². The van der Waals surface area contributed by atoms with Gasteiger partial charge in [-0.25, -0.2) is 9.97 Å². The number of hydrogen-bond acceptors (Lipinski definition) is 4. The van der Waals surface area contributed by atoms with Crippen LogP contribution in [0.2, 0.25) is 5.02 Å². The summed E-state index contributed by atoms with van der Waals surface area (Å²) in [5.41, 5.74) is 3.26. The van der Waals surface area contributed by atoms with Crippen molar-refractivity contribution in [3.05, 3.63) is 64.9 Å². The third kappa shape index (κ3) is 3.60. The quantitative estimate of drug-likeness (QED) is 0.741. The van der Waals surface area contributed by atoms with E-state index in [0.29, 0.717) is 11.6 Å². The maximum absolute atomic E-state index is 6.18. The monoisotopic (exact) mass is 327 g/mol. The summed E-state index contributed by atoms with van der Waals surface area (Å²) in [5.74, 6) is 0.807. The molecule has 3 aromatic rings. The molecule has 0 fully saturated rings. The van der Waals surface area contributed by atoms with Gasteiger partial charge in [0, 0.05) is 19.0 Å². The Morgan fingerprint density at radius 2 is 1.87 bits per heavy atom. The number of nitrogens with zero attached hydrogens (tertiary/aromatic N) is 2. The van der Waals surface area contributed by atoms with E-state index < -0.39 is 0 Å². The highest BCUT2D eigenvalue weighted by atomic mass is 35.5. The van der Waals surface area contributed by atoms with Crippen molar-refractivity contribution in [2.24, 2.45) is 0 Å². The molecule has 0 atom stereocenters. The normalized spacial score (nSPS) is 10.9. The molecule has 3 rings (SSSR count).